The fourth-order valence-corrected chi connectivity index (χ4v) is 5.47. The Bertz CT molecular complexity index is 1490. The minimum Gasteiger partial charge on any atom is -0.318 e. The van der Waals surface area contributed by atoms with E-state index in [0.717, 1.165) is 31.4 Å². The molecular weight excluding hydrogens is 542 g/mol. The number of sulfonamides is 1. The molecule has 0 atom stereocenters. The first kappa shape index (κ1) is 25.3. The molecule has 0 aliphatic heterocycles. The predicted molar refractivity (Wildman–Crippen MR) is 144 cm³/mol. The van der Waals surface area contributed by atoms with E-state index in [1.165, 1.54) is 24.5 Å². The number of aromatic nitrogens is 2. The van der Waals surface area contributed by atoms with Crippen molar-refractivity contribution < 1.29 is 13.2 Å². The largest absolute Gasteiger partial charge is 0.318 e. The molecule has 2 heterocycles. The number of rotatable bonds is 8. The Kier molecular flexibility index (Phi) is 7.66. The van der Waals surface area contributed by atoms with Crippen LogP contribution in [0.25, 0.3) is 5.69 Å². The number of amides is 1. The number of carbonyl (C=O) groups excluding carboxylic acids is 1. The van der Waals surface area contributed by atoms with E-state index >= 15 is 0 Å². The third-order valence-corrected chi connectivity index (χ3v) is 7.82. The van der Waals surface area contributed by atoms with Crippen molar-refractivity contribution in [3.63, 3.8) is 0 Å². The van der Waals surface area contributed by atoms with E-state index in [2.05, 4.69) is 36.0 Å². The highest BCUT2D eigenvalue weighted by Gasteiger charge is 2.27. The third kappa shape index (κ3) is 5.55. The molecule has 0 saturated carbocycles. The maximum atomic E-state index is 13.3. The van der Waals surface area contributed by atoms with Gasteiger partial charge in [-0.1, -0.05) is 34.1 Å². The number of nitrogens with zero attached hydrogens (tertiary/aromatic N) is 4. The van der Waals surface area contributed by atoms with Gasteiger partial charge >= 0.3 is 0 Å². The molecule has 0 radical (unpaired) electrons. The third-order valence-electron chi connectivity index (χ3n) is 5.50. The van der Waals surface area contributed by atoms with E-state index in [1.807, 2.05) is 44.2 Å². The van der Waals surface area contributed by atoms with E-state index in [9.17, 15) is 13.2 Å². The van der Waals surface area contributed by atoms with Gasteiger partial charge in [-0.15, -0.1) is 0 Å². The highest BCUT2D eigenvalue weighted by atomic mass is 79.9. The number of carbonyl (C=O) groups is 1. The number of benzene rings is 2. The average Bonchev–Trinajstić information content (AvgIpc) is 3.16. The second kappa shape index (κ2) is 10.9. The van der Waals surface area contributed by atoms with Crippen LogP contribution in [-0.4, -0.2) is 36.6 Å². The van der Waals surface area contributed by atoms with Crippen molar-refractivity contribution in [3.8, 4) is 5.69 Å². The lowest BCUT2D eigenvalue weighted by atomic mass is 10.2. The summed E-state index contributed by atoms with van der Waals surface area (Å²) in [6.45, 7) is 3.50. The standard InChI is InChI=1S/C26H24BrN5O3S/c1-19-15-21(20(2)32(19)23-12-10-22(27)11-13-23)16-29-30-26(33)18-31(24-7-6-14-28-17-24)36(34,35)25-8-4-3-5-9-25/h3-17H,18H2,1-2H3,(H,30,33)/b29-16-. The van der Waals surface area contributed by atoms with Crippen LogP contribution in [0, 0.1) is 13.8 Å². The molecule has 4 rings (SSSR count). The van der Waals surface area contributed by atoms with Crippen molar-refractivity contribution in [3.05, 3.63) is 107 Å². The summed E-state index contributed by atoms with van der Waals surface area (Å²) >= 11 is 3.45. The van der Waals surface area contributed by atoms with Crippen LogP contribution in [0.1, 0.15) is 17.0 Å². The van der Waals surface area contributed by atoms with Crippen LogP contribution in [0.2, 0.25) is 0 Å². The van der Waals surface area contributed by atoms with Gasteiger partial charge in [0.1, 0.15) is 6.54 Å². The Hall–Kier alpha value is -3.76. The van der Waals surface area contributed by atoms with Gasteiger partial charge in [-0.25, -0.2) is 13.8 Å². The fourth-order valence-electron chi connectivity index (χ4n) is 3.78. The highest BCUT2D eigenvalue weighted by Crippen LogP contribution is 2.23. The van der Waals surface area contributed by atoms with Crippen molar-refractivity contribution in [2.45, 2.75) is 18.7 Å². The van der Waals surface area contributed by atoms with E-state index in [0.29, 0.717) is 0 Å². The first-order valence-corrected chi connectivity index (χ1v) is 13.3. The monoisotopic (exact) mass is 565 g/mol. The zero-order chi connectivity index (χ0) is 25.7. The molecule has 0 unspecified atom stereocenters. The summed E-state index contributed by atoms with van der Waals surface area (Å²) in [7, 11) is -4.00. The van der Waals surface area contributed by atoms with E-state index in [-0.39, 0.29) is 10.6 Å². The number of anilines is 1. The van der Waals surface area contributed by atoms with Crippen molar-refractivity contribution in [1.29, 1.82) is 0 Å². The molecule has 2 aromatic carbocycles. The van der Waals surface area contributed by atoms with E-state index in [4.69, 9.17) is 0 Å². The van der Waals surface area contributed by atoms with Crippen LogP contribution in [0.4, 0.5) is 5.69 Å². The summed E-state index contributed by atoms with van der Waals surface area (Å²) in [5.74, 6) is -0.587. The Labute approximate surface area is 218 Å². The summed E-state index contributed by atoms with van der Waals surface area (Å²) in [4.78, 5) is 16.8. The quantitative estimate of drug-likeness (QED) is 0.249. The molecule has 2 aromatic heterocycles. The van der Waals surface area contributed by atoms with Crippen LogP contribution in [0.15, 0.2) is 99.7 Å². The molecule has 0 aliphatic rings. The molecule has 0 fully saturated rings. The van der Waals surface area contributed by atoms with Crippen molar-refractivity contribution in [2.75, 3.05) is 10.8 Å². The Morgan fingerprint density at radius 1 is 1.08 bits per heavy atom. The maximum absolute atomic E-state index is 13.3. The van der Waals surface area contributed by atoms with Gasteiger partial charge in [0, 0.05) is 33.3 Å². The summed E-state index contributed by atoms with van der Waals surface area (Å²) in [5.41, 5.74) is 6.53. The average molecular weight is 566 g/mol. The predicted octanol–water partition coefficient (Wildman–Crippen LogP) is 4.60. The highest BCUT2D eigenvalue weighted by molar-refractivity contribution is 9.10. The lowest BCUT2D eigenvalue weighted by molar-refractivity contribution is -0.119. The number of nitrogens with one attached hydrogen (secondary N) is 1. The van der Waals surface area contributed by atoms with Crippen LogP contribution < -0.4 is 9.73 Å². The van der Waals surface area contributed by atoms with Gasteiger partial charge in [0.15, 0.2) is 0 Å². The Morgan fingerprint density at radius 2 is 1.81 bits per heavy atom. The first-order chi connectivity index (χ1) is 17.3. The molecule has 0 aliphatic carbocycles. The van der Waals surface area contributed by atoms with Gasteiger partial charge in [-0.05, 0) is 68.4 Å². The maximum Gasteiger partial charge on any atom is 0.264 e. The van der Waals surface area contributed by atoms with Gasteiger partial charge < -0.3 is 4.57 Å². The smallest absolute Gasteiger partial charge is 0.264 e. The minimum atomic E-state index is -4.00. The molecule has 0 spiro atoms. The SMILES string of the molecule is Cc1cc(/C=N\NC(=O)CN(c2cccnc2)S(=O)(=O)c2ccccc2)c(C)n1-c1ccc(Br)cc1. The number of hydrogen-bond donors (Lipinski definition) is 1. The molecule has 1 N–H and O–H groups in total. The number of aryl methyl sites for hydroxylation is 1. The molecule has 0 saturated heterocycles. The summed E-state index contributed by atoms with van der Waals surface area (Å²) in [5, 5.41) is 4.08. The van der Waals surface area contributed by atoms with Crippen LogP contribution in [0.3, 0.4) is 0 Å². The number of hydrazone groups is 1. The van der Waals surface area contributed by atoms with Crippen LogP contribution >= 0.6 is 15.9 Å². The molecule has 8 nitrogen and oxygen atoms in total. The van der Waals surface area contributed by atoms with Gasteiger partial charge in [-0.2, -0.15) is 5.10 Å². The molecule has 0 bridgehead atoms. The second-order valence-electron chi connectivity index (χ2n) is 7.97. The molecule has 36 heavy (non-hydrogen) atoms. The lowest BCUT2D eigenvalue weighted by Crippen LogP contribution is -2.39. The van der Waals surface area contributed by atoms with Crippen molar-refractivity contribution >= 4 is 43.8 Å². The van der Waals surface area contributed by atoms with Gasteiger partial charge in [-0.3, -0.25) is 14.1 Å². The van der Waals surface area contributed by atoms with Crippen LogP contribution in [-0.2, 0) is 14.8 Å². The van der Waals surface area contributed by atoms with Gasteiger partial charge in [0.2, 0.25) is 0 Å². The van der Waals surface area contributed by atoms with E-state index in [1.54, 1.807) is 36.5 Å². The topological polar surface area (TPSA) is 96.7 Å². The number of pyridine rings is 1. The summed E-state index contributed by atoms with van der Waals surface area (Å²) in [6, 6.07) is 21.1. The van der Waals surface area contributed by atoms with Crippen molar-refractivity contribution in [2.24, 2.45) is 5.10 Å². The first-order valence-electron chi connectivity index (χ1n) is 11.0. The molecule has 1 amide bonds. The summed E-state index contributed by atoms with van der Waals surface area (Å²) in [6.07, 6.45) is 4.48. The number of hydrogen-bond acceptors (Lipinski definition) is 5. The molecular formula is C26H24BrN5O3S. The molecule has 184 valence electrons. The van der Waals surface area contributed by atoms with Gasteiger partial charge in [0.25, 0.3) is 15.9 Å². The van der Waals surface area contributed by atoms with Crippen LogP contribution in [0.5, 0.6) is 0 Å². The molecule has 4 aromatic rings. The second-order valence-corrected chi connectivity index (χ2v) is 10.7. The number of halogens is 1. The zero-order valence-electron chi connectivity index (χ0n) is 19.7. The fraction of sp³-hybridized carbons (Fsp3) is 0.115. The van der Waals surface area contributed by atoms with Gasteiger partial charge in [0.05, 0.1) is 23.0 Å². The Morgan fingerprint density at radius 3 is 2.47 bits per heavy atom. The van der Waals surface area contributed by atoms with Crippen molar-refractivity contribution in [1.82, 2.24) is 15.0 Å². The molecule has 10 heteroatoms. The zero-order valence-corrected chi connectivity index (χ0v) is 22.1. The Balaban J connectivity index is 1.52. The van der Waals surface area contributed by atoms with E-state index < -0.39 is 22.5 Å². The normalized spacial score (nSPS) is 11.5. The minimum absolute atomic E-state index is 0.0746. The lowest BCUT2D eigenvalue weighted by Gasteiger charge is -2.23. The summed E-state index contributed by atoms with van der Waals surface area (Å²) < 4.78 is 30.7.